The summed E-state index contributed by atoms with van der Waals surface area (Å²) < 4.78 is 0. The van der Waals surface area contributed by atoms with Gasteiger partial charge in [-0.3, -0.25) is 0 Å². The summed E-state index contributed by atoms with van der Waals surface area (Å²) in [6.45, 7) is 7.93. The number of halogens is 1. The predicted molar refractivity (Wildman–Crippen MR) is 54.9 cm³/mol. The second-order valence-corrected chi connectivity index (χ2v) is 4.45. The number of hydrogen-bond acceptors (Lipinski definition) is 3. The quantitative estimate of drug-likeness (QED) is 0.698. The molecule has 1 heterocycles. The number of nitrogen functional groups attached to an aromatic ring is 1. The molecule has 0 amide bonds. The average Bonchev–Trinajstić information content (AvgIpc) is 1.94. The Hall–Kier alpha value is -0.830. The smallest absolute Gasteiger partial charge is 0.146 e. The normalized spacial score (nSPS) is 11.8. The van der Waals surface area contributed by atoms with E-state index in [0.29, 0.717) is 16.7 Å². The van der Waals surface area contributed by atoms with Crippen LogP contribution in [0.1, 0.15) is 32.3 Å². The van der Waals surface area contributed by atoms with Crippen molar-refractivity contribution in [2.24, 2.45) is 0 Å². The molecule has 0 saturated carbocycles. The first-order chi connectivity index (χ1) is 5.82. The van der Waals surface area contributed by atoms with Crippen LogP contribution in [0.4, 0.5) is 5.82 Å². The highest BCUT2D eigenvalue weighted by Gasteiger charge is 2.21. The van der Waals surface area contributed by atoms with E-state index in [1.807, 2.05) is 27.7 Å². The summed E-state index contributed by atoms with van der Waals surface area (Å²) in [5, 5.41) is 0.470. The van der Waals surface area contributed by atoms with Gasteiger partial charge in [-0.1, -0.05) is 32.4 Å². The molecule has 1 aromatic heterocycles. The van der Waals surface area contributed by atoms with E-state index in [2.05, 4.69) is 9.97 Å². The number of aromatic nitrogens is 2. The number of nitrogens with zero attached hydrogens (tertiary/aromatic N) is 2. The first-order valence-corrected chi connectivity index (χ1v) is 4.50. The number of nitrogens with two attached hydrogens (primary N) is 1. The summed E-state index contributed by atoms with van der Waals surface area (Å²) in [4.78, 5) is 8.26. The molecule has 0 radical (unpaired) electrons. The fourth-order valence-corrected chi connectivity index (χ4v) is 1.45. The molecule has 72 valence electrons. The van der Waals surface area contributed by atoms with Gasteiger partial charge in [-0.25, -0.2) is 9.97 Å². The maximum atomic E-state index is 6.00. The summed E-state index contributed by atoms with van der Waals surface area (Å²) in [7, 11) is 0. The molecule has 0 atom stereocenters. The van der Waals surface area contributed by atoms with Gasteiger partial charge < -0.3 is 5.73 Å². The van der Waals surface area contributed by atoms with E-state index in [1.165, 1.54) is 0 Å². The minimum Gasteiger partial charge on any atom is -0.382 e. The van der Waals surface area contributed by atoms with Crippen molar-refractivity contribution < 1.29 is 0 Å². The molecule has 0 aliphatic heterocycles. The Morgan fingerprint density at radius 3 is 2.23 bits per heavy atom. The molecule has 0 aromatic carbocycles. The largest absolute Gasteiger partial charge is 0.382 e. The van der Waals surface area contributed by atoms with Crippen LogP contribution in [0.15, 0.2) is 0 Å². The number of hydrogen-bond donors (Lipinski definition) is 1. The fourth-order valence-electron chi connectivity index (χ4n) is 1.08. The van der Waals surface area contributed by atoms with E-state index in [4.69, 9.17) is 17.3 Å². The van der Waals surface area contributed by atoms with E-state index in [-0.39, 0.29) is 5.41 Å². The molecular formula is C9H14ClN3. The average molecular weight is 200 g/mol. The summed E-state index contributed by atoms with van der Waals surface area (Å²) in [5.41, 5.74) is 6.34. The van der Waals surface area contributed by atoms with Crippen LogP contribution in [-0.2, 0) is 5.41 Å². The van der Waals surface area contributed by atoms with Crippen molar-refractivity contribution in [3.63, 3.8) is 0 Å². The number of rotatable bonds is 0. The van der Waals surface area contributed by atoms with Crippen LogP contribution < -0.4 is 5.73 Å². The lowest BCUT2D eigenvalue weighted by atomic mass is 9.92. The lowest BCUT2D eigenvalue weighted by Crippen LogP contribution is -2.16. The third-order valence-corrected chi connectivity index (χ3v) is 2.07. The van der Waals surface area contributed by atoms with Gasteiger partial charge in [-0.2, -0.15) is 0 Å². The van der Waals surface area contributed by atoms with Crippen LogP contribution >= 0.6 is 11.6 Å². The van der Waals surface area contributed by atoms with Gasteiger partial charge in [-0.15, -0.1) is 0 Å². The molecule has 4 heteroatoms. The molecule has 0 aliphatic rings. The van der Waals surface area contributed by atoms with Gasteiger partial charge in [0.2, 0.25) is 0 Å². The molecule has 0 unspecified atom stereocenters. The van der Waals surface area contributed by atoms with Crippen molar-refractivity contribution in [2.45, 2.75) is 33.1 Å². The van der Waals surface area contributed by atoms with Gasteiger partial charge >= 0.3 is 0 Å². The summed E-state index contributed by atoms with van der Waals surface area (Å²) in [6.07, 6.45) is 0. The van der Waals surface area contributed by atoms with Gasteiger partial charge in [-0.05, 0) is 6.92 Å². The molecule has 0 fully saturated rings. The van der Waals surface area contributed by atoms with Crippen molar-refractivity contribution >= 4 is 17.4 Å². The minimum absolute atomic E-state index is 0.0983. The molecule has 1 rings (SSSR count). The Kier molecular flexibility index (Phi) is 2.48. The van der Waals surface area contributed by atoms with E-state index in [1.54, 1.807) is 0 Å². The highest BCUT2D eigenvalue weighted by Crippen LogP contribution is 2.30. The molecule has 1 aromatic rings. The standard InChI is InChI=1S/C9H14ClN3/c1-5-12-7(9(2,3)4)6(10)8(11)13-5/h1-4H3,(H2,11,12,13). The molecular weight excluding hydrogens is 186 g/mol. The summed E-state index contributed by atoms with van der Waals surface area (Å²) in [5.74, 6) is 1.02. The topological polar surface area (TPSA) is 51.8 Å². The van der Waals surface area contributed by atoms with E-state index in [0.717, 1.165) is 5.69 Å². The first-order valence-electron chi connectivity index (χ1n) is 4.12. The van der Waals surface area contributed by atoms with Crippen LogP contribution in [0.2, 0.25) is 5.02 Å². The zero-order valence-corrected chi connectivity index (χ0v) is 9.11. The van der Waals surface area contributed by atoms with Crippen molar-refractivity contribution in [3.05, 3.63) is 16.5 Å². The summed E-state index contributed by atoms with van der Waals surface area (Å²) >= 11 is 6.00. The molecule has 0 saturated heterocycles. The molecule has 3 nitrogen and oxygen atoms in total. The Morgan fingerprint density at radius 2 is 1.77 bits per heavy atom. The van der Waals surface area contributed by atoms with Crippen LogP contribution in [0.3, 0.4) is 0 Å². The maximum Gasteiger partial charge on any atom is 0.146 e. The molecule has 0 bridgehead atoms. The van der Waals surface area contributed by atoms with Crippen molar-refractivity contribution in [1.29, 1.82) is 0 Å². The van der Waals surface area contributed by atoms with Crippen LogP contribution in [0.5, 0.6) is 0 Å². The second kappa shape index (κ2) is 3.14. The van der Waals surface area contributed by atoms with Gasteiger partial charge in [0.15, 0.2) is 0 Å². The van der Waals surface area contributed by atoms with E-state index in [9.17, 15) is 0 Å². The SMILES string of the molecule is Cc1nc(N)c(Cl)c(C(C)(C)C)n1. The Bertz CT molecular complexity index is 328. The van der Waals surface area contributed by atoms with Crippen LogP contribution in [0.25, 0.3) is 0 Å². The Labute approximate surface area is 83.3 Å². The highest BCUT2D eigenvalue weighted by atomic mass is 35.5. The van der Waals surface area contributed by atoms with E-state index >= 15 is 0 Å². The zero-order valence-electron chi connectivity index (χ0n) is 8.35. The zero-order chi connectivity index (χ0) is 10.2. The third kappa shape index (κ3) is 2.10. The summed E-state index contributed by atoms with van der Waals surface area (Å²) in [6, 6.07) is 0. The van der Waals surface area contributed by atoms with Gasteiger partial charge in [0.05, 0.1) is 5.69 Å². The fraction of sp³-hybridized carbons (Fsp3) is 0.556. The monoisotopic (exact) mass is 199 g/mol. The molecule has 0 aliphatic carbocycles. The highest BCUT2D eigenvalue weighted by molar-refractivity contribution is 6.33. The second-order valence-electron chi connectivity index (χ2n) is 4.07. The molecule has 13 heavy (non-hydrogen) atoms. The Balaban J connectivity index is 3.37. The lowest BCUT2D eigenvalue weighted by molar-refractivity contribution is 0.565. The van der Waals surface area contributed by atoms with Crippen LogP contribution in [-0.4, -0.2) is 9.97 Å². The van der Waals surface area contributed by atoms with E-state index < -0.39 is 0 Å². The Morgan fingerprint density at radius 1 is 1.23 bits per heavy atom. The number of anilines is 1. The lowest BCUT2D eigenvalue weighted by Gasteiger charge is -2.19. The third-order valence-electron chi connectivity index (χ3n) is 1.70. The van der Waals surface area contributed by atoms with Gasteiger partial charge in [0, 0.05) is 5.41 Å². The molecule has 0 spiro atoms. The predicted octanol–water partition coefficient (Wildman–Crippen LogP) is 2.32. The van der Waals surface area contributed by atoms with Crippen molar-refractivity contribution in [3.8, 4) is 0 Å². The maximum absolute atomic E-state index is 6.00. The van der Waals surface area contributed by atoms with Crippen LogP contribution in [0, 0.1) is 6.92 Å². The molecule has 2 N–H and O–H groups in total. The van der Waals surface area contributed by atoms with Gasteiger partial charge in [0.25, 0.3) is 0 Å². The first kappa shape index (κ1) is 10.3. The van der Waals surface area contributed by atoms with Crippen molar-refractivity contribution in [2.75, 3.05) is 5.73 Å². The number of aryl methyl sites for hydroxylation is 1. The van der Waals surface area contributed by atoms with Crippen molar-refractivity contribution in [1.82, 2.24) is 9.97 Å². The minimum atomic E-state index is -0.0983. The van der Waals surface area contributed by atoms with Gasteiger partial charge in [0.1, 0.15) is 16.7 Å².